The van der Waals surface area contributed by atoms with Crippen molar-refractivity contribution < 1.29 is 0 Å². The van der Waals surface area contributed by atoms with Crippen LogP contribution in [0.1, 0.15) is 137 Å². The SMILES string of the molecule is CC(C)c1cc(-c2ccc(N(c3ccc(-c4ccc5c(c4)C(C)(C)c4ccccc4-5)cc3)c3ccc(-c4ccc5c(c4)C(C)(C)c4ccccc4-5)cc3)cc2)cc(C(C)C)c1.CC1(C)c2ccccc2-c2ccc(-c3ccc(N(c4ccc(C#N)cc4)c4ccc(C#N)cc4)cc3)cc21. The summed E-state index contributed by atoms with van der Waals surface area (Å²) < 4.78 is 0. The molecule has 0 saturated heterocycles. The average Bonchev–Trinajstić information content (AvgIpc) is 1.62. The highest BCUT2D eigenvalue weighted by atomic mass is 15.1. The van der Waals surface area contributed by atoms with Gasteiger partial charge in [0.1, 0.15) is 0 Å². The first kappa shape index (κ1) is 63.5. The van der Waals surface area contributed by atoms with E-state index in [4.69, 9.17) is 0 Å². The number of anilines is 6. The second-order valence-corrected chi connectivity index (χ2v) is 29.2. The molecular weight excluding hydrogens is 1200 g/mol. The smallest absolute Gasteiger partial charge is 0.0991 e. The number of nitriles is 2. The molecule has 480 valence electrons. The zero-order valence-corrected chi connectivity index (χ0v) is 58.2. The third-order valence-corrected chi connectivity index (χ3v) is 21.4. The van der Waals surface area contributed by atoms with Crippen molar-refractivity contribution in [2.45, 2.75) is 97.3 Å². The van der Waals surface area contributed by atoms with Gasteiger partial charge < -0.3 is 9.80 Å². The van der Waals surface area contributed by atoms with Gasteiger partial charge in [-0.25, -0.2) is 0 Å². The highest BCUT2D eigenvalue weighted by Crippen LogP contribution is 2.53. The van der Waals surface area contributed by atoms with Crippen molar-refractivity contribution in [2.75, 3.05) is 9.80 Å². The van der Waals surface area contributed by atoms with E-state index in [0.29, 0.717) is 23.0 Å². The van der Waals surface area contributed by atoms with Crippen molar-refractivity contribution >= 4 is 34.1 Å². The number of nitrogens with zero attached hydrogens (tertiary/aromatic N) is 4. The first-order chi connectivity index (χ1) is 47.9. The number of hydrogen-bond donors (Lipinski definition) is 0. The Kier molecular flexibility index (Phi) is 16.1. The van der Waals surface area contributed by atoms with Crippen LogP contribution in [0, 0.1) is 22.7 Å². The maximum atomic E-state index is 9.25. The minimum atomic E-state index is -0.0378. The van der Waals surface area contributed by atoms with Crippen LogP contribution in [0.25, 0.3) is 77.9 Å². The summed E-state index contributed by atoms with van der Waals surface area (Å²) in [5.74, 6) is 0.940. The fourth-order valence-corrected chi connectivity index (χ4v) is 15.6. The van der Waals surface area contributed by atoms with Gasteiger partial charge in [-0.3, -0.25) is 0 Å². The van der Waals surface area contributed by atoms with E-state index in [2.05, 4.69) is 334 Å². The van der Waals surface area contributed by atoms with Crippen LogP contribution in [-0.4, -0.2) is 0 Å². The van der Waals surface area contributed by atoms with Crippen LogP contribution in [0.15, 0.2) is 291 Å². The lowest BCUT2D eigenvalue weighted by atomic mass is 9.81. The number of benzene rings is 13. The average molecular weight is 1280 g/mol. The fourth-order valence-electron chi connectivity index (χ4n) is 15.6. The lowest BCUT2D eigenvalue weighted by Crippen LogP contribution is -2.14. The van der Waals surface area contributed by atoms with Crippen molar-refractivity contribution in [2.24, 2.45) is 0 Å². The molecule has 0 bridgehead atoms. The van der Waals surface area contributed by atoms with Crippen LogP contribution in [0.4, 0.5) is 34.1 Å². The van der Waals surface area contributed by atoms with Crippen LogP contribution in [0.5, 0.6) is 0 Å². The molecule has 0 saturated carbocycles. The van der Waals surface area contributed by atoms with Gasteiger partial charge in [-0.15, -0.1) is 0 Å². The largest absolute Gasteiger partial charge is 0.311 e. The van der Waals surface area contributed by atoms with Gasteiger partial charge >= 0.3 is 0 Å². The number of fused-ring (bicyclic) bond motifs is 9. The molecule has 0 N–H and O–H groups in total. The lowest BCUT2D eigenvalue weighted by Gasteiger charge is -2.26. The normalized spacial score (nSPS) is 13.6. The standard InChI is InChI=1S/C60H55N.C35H25N3/c1-38(2)45-33-46(39(3)4)35-47(34-45)42-21-29-50(30-22-42)61(48-25-17-40(18-26-48)43-23-31-53-51-13-9-11-15-55(51)59(5,6)57(53)36-43)49-27-19-41(20-28-49)44-24-32-54-52-14-10-12-16-56(52)60(7,8)58(54)37-44;1-35(2)33-6-4-3-5-31(33)32-20-13-27(21-34(32)35)26-11-18-30(19-12-26)38(28-14-7-24(22-36)8-15-28)29-16-9-25(23-37)10-17-29/h9-39H,1-8H3;3-21H,1-2H3. The van der Waals surface area contributed by atoms with Crippen molar-refractivity contribution in [1.82, 2.24) is 0 Å². The molecule has 3 aliphatic rings. The molecule has 99 heavy (non-hydrogen) atoms. The molecule has 0 fully saturated rings. The third-order valence-electron chi connectivity index (χ3n) is 21.4. The van der Waals surface area contributed by atoms with Crippen LogP contribution in [0.2, 0.25) is 0 Å². The quantitative estimate of drug-likeness (QED) is 0.122. The minimum Gasteiger partial charge on any atom is -0.311 e. The van der Waals surface area contributed by atoms with Crippen LogP contribution in [0.3, 0.4) is 0 Å². The van der Waals surface area contributed by atoms with E-state index in [1.807, 2.05) is 48.5 Å². The number of hydrogen-bond acceptors (Lipinski definition) is 4. The predicted molar refractivity (Wildman–Crippen MR) is 414 cm³/mol. The van der Waals surface area contributed by atoms with Gasteiger partial charge in [0.05, 0.1) is 23.3 Å². The van der Waals surface area contributed by atoms with E-state index in [0.717, 1.165) is 39.7 Å². The van der Waals surface area contributed by atoms with Gasteiger partial charge in [0.25, 0.3) is 0 Å². The molecule has 0 amide bonds. The highest BCUT2D eigenvalue weighted by molar-refractivity contribution is 5.89. The van der Waals surface area contributed by atoms with Crippen molar-refractivity contribution in [3.63, 3.8) is 0 Å². The van der Waals surface area contributed by atoms with E-state index in [9.17, 15) is 10.5 Å². The van der Waals surface area contributed by atoms with Crippen LogP contribution in [-0.2, 0) is 16.2 Å². The summed E-state index contributed by atoms with van der Waals surface area (Å²) in [5, 5.41) is 18.5. The Labute approximate surface area is 585 Å². The van der Waals surface area contributed by atoms with Crippen LogP contribution >= 0.6 is 0 Å². The Morgan fingerprint density at radius 1 is 0.242 bits per heavy atom. The van der Waals surface area contributed by atoms with Crippen molar-refractivity contribution in [3.05, 3.63) is 347 Å². The molecule has 13 aromatic carbocycles. The summed E-state index contributed by atoms with van der Waals surface area (Å²) in [6.07, 6.45) is 0. The first-order valence-corrected chi connectivity index (χ1v) is 34.8. The minimum absolute atomic E-state index is 0.0372. The van der Waals surface area contributed by atoms with Gasteiger partial charge in [0.15, 0.2) is 0 Å². The second kappa shape index (κ2) is 25.1. The Balaban J connectivity index is 0.000000180. The summed E-state index contributed by atoms with van der Waals surface area (Å²) in [7, 11) is 0. The summed E-state index contributed by atoms with van der Waals surface area (Å²) >= 11 is 0. The summed E-state index contributed by atoms with van der Waals surface area (Å²) in [6, 6.07) is 110. The van der Waals surface area contributed by atoms with E-state index < -0.39 is 0 Å². The summed E-state index contributed by atoms with van der Waals surface area (Å²) in [6.45, 7) is 23.2. The maximum absolute atomic E-state index is 9.25. The molecular formula is C95H80N4. The van der Waals surface area contributed by atoms with Crippen LogP contribution < -0.4 is 9.80 Å². The zero-order valence-electron chi connectivity index (χ0n) is 58.2. The topological polar surface area (TPSA) is 54.1 Å². The molecule has 4 heteroatoms. The van der Waals surface area contributed by atoms with E-state index >= 15 is 0 Å². The molecule has 4 nitrogen and oxygen atoms in total. The van der Waals surface area contributed by atoms with Gasteiger partial charge in [-0.2, -0.15) is 10.5 Å². The molecule has 0 heterocycles. The second-order valence-electron chi connectivity index (χ2n) is 29.2. The molecule has 0 aromatic heterocycles. The highest BCUT2D eigenvalue weighted by Gasteiger charge is 2.38. The van der Waals surface area contributed by atoms with Gasteiger partial charge in [-0.05, 0) is 249 Å². The van der Waals surface area contributed by atoms with E-state index in [-0.39, 0.29) is 16.2 Å². The Morgan fingerprint density at radius 3 is 0.737 bits per heavy atom. The molecule has 0 aliphatic heterocycles. The fraction of sp³-hybridized carbons (Fsp3) is 0.158. The lowest BCUT2D eigenvalue weighted by molar-refractivity contribution is 0.660. The van der Waals surface area contributed by atoms with Crippen molar-refractivity contribution in [1.29, 1.82) is 10.5 Å². The predicted octanol–water partition coefficient (Wildman–Crippen LogP) is 25.9. The molecule has 0 atom stereocenters. The van der Waals surface area contributed by atoms with E-state index in [1.165, 1.54) is 117 Å². The Hall–Kier alpha value is -11.6. The zero-order chi connectivity index (χ0) is 68.5. The maximum Gasteiger partial charge on any atom is 0.0991 e. The van der Waals surface area contributed by atoms with Gasteiger partial charge in [-0.1, -0.05) is 245 Å². The van der Waals surface area contributed by atoms with Gasteiger partial charge in [0.2, 0.25) is 0 Å². The molecule has 0 unspecified atom stereocenters. The molecule has 3 aliphatic carbocycles. The van der Waals surface area contributed by atoms with E-state index in [1.54, 1.807) is 0 Å². The molecule has 0 radical (unpaired) electrons. The Morgan fingerprint density at radius 2 is 0.475 bits per heavy atom. The van der Waals surface area contributed by atoms with Crippen molar-refractivity contribution in [3.8, 4) is 90.0 Å². The summed E-state index contributed by atoms with van der Waals surface area (Å²) in [5.41, 5.74) is 36.4. The molecule has 16 rings (SSSR count). The number of rotatable bonds is 12. The third kappa shape index (κ3) is 11.4. The molecule has 13 aromatic rings. The Bertz CT molecular complexity index is 5090. The summed E-state index contributed by atoms with van der Waals surface area (Å²) in [4.78, 5) is 4.53. The first-order valence-electron chi connectivity index (χ1n) is 34.8. The monoisotopic (exact) mass is 1280 g/mol. The molecule has 0 spiro atoms. The van der Waals surface area contributed by atoms with Gasteiger partial charge in [0, 0.05) is 50.4 Å².